The van der Waals surface area contributed by atoms with Gasteiger partial charge in [0.15, 0.2) is 0 Å². The molecule has 5 heteroatoms. The molecule has 0 amide bonds. The van der Waals surface area contributed by atoms with Crippen LogP contribution in [0.15, 0.2) is 30.3 Å². The lowest BCUT2D eigenvalue weighted by Gasteiger charge is -2.07. The molecule has 0 aliphatic heterocycles. The van der Waals surface area contributed by atoms with Crippen LogP contribution in [0, 0.1) is 5.95 Å². The number of hydrogen-bond donors (Lipinski definition) is 0. The topological polar surface area (TPSA) is 22.1 Å². The first-order valence-electron chi connectivity index (χ1n) is 4.77. The summed E-state index contributed by atoms with van der Waals surface area (Å²) < 4.78 is 18.2. The van der Waals surface area contributed by atoms with Gasteiger partial charge in [-0.15, -0.1) is 0 Å². The van der Waals surface area contributed by atoms with Gasteiger partial charge in [-0.25, -0.2) is 0 Å². The van der Waals surface area contributed by atoms with Crippen LogP contribution in [0.3, 0.4) is 0 Å². The molecule has 88 valence electrons. The van der Waals surface area contributed by atoms with Crippen LogP contribution < -0.4 is 4.74 Å². The first-order chi connectivity index (χ1) is 8.10. The first kappa shape index (κ1) is 12.1. The van der Waals surface area contributed by atoms with Crippen LogP contribution in [0.1, 0.15) is 0 Å². The third-order valence-electron chi connectivity index (χ3n) is 2.22. The van der Waals surface area contributed by atoms with E-state index in [9.17, 15) is 4.39 Å². The Morgan fingerprint density at radius 2 is 1.94 bits per heavy atom. The maximum atomic E-state index is 13.3. The van der Waals surface area contributed by atoms with Crippen LogP contribution in [0.2, 0.25) is 10.0 Å². The summed E-state index contributed by atoms with van der Waals surface area (Å²) in [5.74, 6) is -0.420. The van der Waals surface area contributed by atoms with Crippen LogP contribution in [0.4, 0.5) is 4.39 Å². The maximum absolute atomic E-state index is 13.3. The van der Waals surface area contributed by atoms with E-state index in [1.165, 1.54) is 13.2 Å². The van der Waals surface area contributed by atoms with Gasteiger partial charge in [0.2, 0.25) is 11.8 Å². The molecule has 1 aromatic carbocycles. The average Bonchev–Trinajstić information content (AvgIpc) is 2.28. The molecule has 0 N–H and O–H groups in total. The van der Waals surface area contributed by atoms with Gasteiger partial charge in [-0.1, -0.05) is 29.3 Å². The normalized spacial score (nSPS) is 10.4. The van der Waals surface area contributed by atoms with E-state index in [0.29, 0.717) is 21.2 Å². The quantitative estimate of drug-likeness (QED) is 0.764. The number of ether oxygens (including phenoxy) is 1. The van der Waals surface area contributed by atoms with Gasteiger partial charge < -0.3 is 4.74 Å². The number of methoxy groups -OCH3 is 1. The smallest absolute Gasteiger partial charge is 0.216 e. The van der Waals surface area contributed by atoms with Crippen molar-refractivity contribution in [3.63, 3.8) is 0 Å². The molecule has 0 spiro atoms. The summed E-state index contributed by atoms with van der Waals surface area (Å²) in [6.45, 7) is 0. The Bertz CT molecular complexity index is 560. The Morgan fingerprint density at radius 1 is 1.18 bits per heavy atom. The number of nitrogens with zero attached hydrogens (tertiary/aromatic N) is 1. The lowest BCUT2D eigenvalue weighted by molar-refractivity contribution is 0.388. The summed E-state index contributed by atoms with van der Waals surface area (Å²) in [5.41, 5.74) is 1.27. The monoisotopic (exact) mass is 271 g/mol. The minimum absolute atomic E-state index is 0.200. The van der Waals surface area contributed by atoms with Crippen molar-refractivity contribution in [2.45, 2.75) is 0 Å². The number of aromatic nitrogens is 1. The standard InChI is InChI=1S/C12H8Cl2FNO/c1-17-12-5-7(4-11(15)16-12)9-3-2-8(13)6-10(9)14/h2-6H,1H3. The molecule has 0 saturated carbocycles. The zero-order valence-corrected chi connectivity index (χ0v) is 10.4. The van der Waals surface area contributed by atoms with Crippen molar-refractivity contribution in [1.29, 1.82) is 0 Å². The highest BCUT2D eigenvalue weighted by molar-refractivity contribution is 6.36. The van der Waals surface area contributed by atoms with Crippen LogP contribution in [0.5, 0.6) is 5.88 Å². The molecule has 0 aliphatic rings. The molecular formula is C12H8Cl2FNO. The van der Waals surface area contributed by atoms with E-state index in [4.69, 9.17) is 27.9 Å². The van der Waals surface area contributed by atoms with Crippen LogP contribution in [-0.2, 0) is 0 Å². The number of hydrogen-bond acceptors (Lipinski definition) is 2. The minimum Gasteiger partial charge on any atom is -0.481 e. The highest BCUT2D eigenvalue weighted by Crippen LogP contribution is 2.31. The summed E-state index contributed by atoms with van der Waals surface area (Å²) in [4.78, 5) is 3.57. The van der Waals surface area contributed by atoms with E-state index in [1.807, 2.05) is 0 Å². The Hall–Kier alpha value is -1.32. The van der Waals surface area contributed by atoms with Gasteiger partial charge in [0.05, 0.1) is 7.11 Å². The number of halogens is 3. The molecule has 0 fully saturated rings. The molecule has 0 bridgehead atoms. The molecule has 0 unspecified atom stereocenters. The third kappa shape index (κ3) is 2.68. The zero-order chi connectivity index (χ0) is 12.4. The van der Waals surface area contributed by atoms with Gasteiger partial charge in [-0.3, -0.25) is 0 Å². The maximum Gasteiger partial charge on any atom is 0.216 e. The second-order valence-electron chi connectivity index (χ2n) is 3.35. The molecule has 2 rings (SSSR count). The molecule has 0 radical (unpaired) electrons. The van der Waals surface area contributed by atoms with Crippen LogP contribution in [0.25, 0.3) is 11.1 Å². The lowest BCUT2D eigenvalue weighted by Crippen LogP contribution is -1.92. The minimum atomic E-state index is -0.620. The highest BCUT2D eigenvalue weighted by Gasteiger charge is 2.08. The van der Waals surface area contributed by atoms with Crippen molar-refractivity contribution in [3.05, 3.63) is 46.3 Å². The summed E-state index contributed by atoms with van der Waals surface area (Å²) in [6.07, 6.45) is 0. The summed E-state index contributed by atoms with van der Waals surface area (Å²) >= 11 is 11.8. The molecular weight excluding hydrogens is 264 g/mol. The number of pyridine rings is 1. The molecule has 17 heavy (non-hydrogen) atoms. The Morgan fingerprint density at radius 3 is 2.59 bits per heavy atom. The summed E-state index contributed by atoms with van der Waals surface area (Å²) in [6, 6.07) is 7.91. The number of benzene rings is 1. The Balaban J connectivity index is 2.55. The fourth-order valence-electron chi connectivity index (χ4n) is 1.46. The van der Waals surface area contributed by atoms with Gasteiger partial charge in [0.1, 0.15) is 0 Å². The third-order valence-corrected chi connectivity index (χ3v) is 2.77. The predicted molar refractivity (Wildman–Crippen MR) is 66.2 cm³/mol. The van der Waals surface area contributed by atoms with E-state index in [1.54, 1.807) is 24.3 Å². The average molecular weight is 272 g/mol. The molecule has 0 saturated heterocycles. The van der Waals surface area contributed by atoms with Crippen molar-refractivity contribution in [2.75, 3.05) is 7.11 Å². The second kappa shape index (κ2) is 4.90. The SMILES string of the molecule is COc1cc(-c2ccc(Cl)cc2Cl)cc(F)n1. The van der Waals surface area contributed by atoms with Gasteiger partial charge in [-0.2, -0.15) is 9.37 Å². The lowest BCUT2D eigenvalue weighted by atomic mass is 10.1. The van der Waals surface area contributed by atoms with E-state index in [-0.39, 0.29) is 5.88 Å². The van der Waals surface area contributed by atoms with Crippen molar-refractivity contribution < 1.29 is 9.13 Å². The van der Waals surface area contributed by atoms with Crippen LogP contribution >= 0.6 is 23.2 Å². The van der Waals surface area contributed by atoms with E-state index < -0.39 is 5.95 Å². The zero-order valence-electron chi connectivity index (χ0n) is 8.88. The van der Waals surface area contributed by atoms with Gasteiger partial charge in [-0.05, 0) is 17.7 Å². The van der Waals surface area contributed by atoms with Gasteiger partial charge in [0, 0.05) is 27.7 Å². The van der Waals surface area contributed by atoms with Gasteiger partial charge in [0.25, 0.3) is 0 Å². The first-order valence-corrected chi connectivity index (χ1v) is 5.53. The van der Waals surface area contributed by atoms with Crippen molar-refractivity contribution in [2.24, 2.45) is 0 Å². The highest BCUT2D eigenvalue weighted by atomic mass is 35.5. The Kier molecular flexibility index (Phi) is 3.50. The van der Waals surface area contributed by atoms with E-state index >= 15 is 0 Å². The van der Waals surface area contributed by atoms with Gasteiger partial charge >= 0.3 is 0 Å². The number of rotatable bonds is 2. The van der Waals surface area contributed by atoms with Crippen molar-refractivity contribution >= 4 is 23.2 Å². The largest absolute Gasteiger partial charge is 0.481 e. The van der Waals surface area contributed by atoms with Crippen molar-refractivity contribution in [3.8, 4) is 17.0 Å². The Labute approximate surface area is 108 Å². The summed E-state index contributed by atoms with van der Waals surface area (Å²) in [5, 5.41) is 0.977. The molecule has 1 aromatic heterocycles. The molecule has 2 aromatic rings. The fourth-order valence-corrected chi connectivity index (χ4v) is 1.97. The molecule has 1 heterocycles. The molecule has 2 nitrogen and oxygen atoms in total. The summed E-state index contributed by atoms with van der Waals surface area (Å²) in [7, 11) is 1.43. The van der Waals surface area contributed by atoms with E-state index in [0.717, 1.165) is 0 Å². The van der Waals surface area contributed by atoms with E-state index in [2.05, 4.69) is 4.98 Å². The predicted octanol–water partition coefficient (Wildman–Crippen LogP) is 4.20. The van der Waals surface area contributed by atoms with Crippen molar-refractivity contribution in [1.82, 2.24) is 4.98 Å². The second-order valence-corrected chi connectivity index (χ2v) is 4.19. The molecule has 0 atom stereocenters. The van der Waals surface area contributed by atoms with Crippen LogP contribution in [-0.4, -0.2) is 12.1 Å². The fraction of sp³-hybridized carbons (Fsp3) is 0.0833. The molecule has 0 aliphatic carbocycles.